The molecule has 0 saturated heterocycles. The molecule has 0 aliphatic heterocycles. The number of carbonyl (C=O) groups is 1. The minimum atomic E-state index is -0.612. The third kappa shape index (κ3) is 7.82. The number of hydrogen-bond donors (Lipinski definition) is 0. The number of esters is 1. The molecule has 3 rings (SSSR count). The molecule has 0 heterocycles. The second-order valence-corrected chi connectivity index (χ2v) is 7.29. The summed E-state index contributed by atoms with van der Waals surface area (Å²) in [5.41, 5.74) is 3.54. The zero-order chi connectivity index (χ0) is 21.0. The van der Waals surface area contributed by atoms with E-state index >= 15 is 0 Å². The van der Waals surface area contributed by atoms with Gasteiger partial charge in [0.25, 0.3) is 0 Å². The minimum absolute atomic E-state index is 0.334. The predicted molar refractivity (Wildman–Crippen MR) is 118 cm³/mol. The fourth-order valence-electron chi connectivity index (χ4n) is 3.31. The van der Waals surface area contributed by atoms with Crippen molar-refractivity contribution in [2.24, 2.45) is 0 Å². The van der Waals surface area contributed by atoms with E-state index < -0.39 is 6.29 Å². The Kier molecular flexibility index (Phi) is 8.63. The molecule has 4 nitrogen and oxygen atoms in total. The van der Waals surface area contributed by atoms with Gasteiger partial charge in [-0.05, 0) is 29.5 Å². The summed E-state index contributed by atoms with van der Waals surface area (Å²) in [5, 5.41) is 1.88. The Hall–Kier alpha value is -2.95. The van der Waals surface area contributed by atoms with E-state index in [4.69, 9.17) is 9.57 Å². The van der Waals surface area contributed by atoms with Gasteiger partial charge < -0.3 is 4.74 Å². The molecule has 0 aromatic heterocycles. The van der Waals surface area contributed by atoms with Gasteiger partial charge >= 0.3 is 5.97 Å². The van der Waals surface area contributed by atoms with Crippen LogP contribution in [0.5, 0.6) is 0 Å². The highest BCUT2D eigenvalue weighted by molar-refractivity contribution is 5.66. The lowest BCUT2D eigenvalue weighted by atomic mass is 10.1. The van der Waals surface area contributed by atoms with Crippen molar-refractivity contribution in [3.63, 3.8) is 0 Å². The van der Waals surface area contributed by atoms with Gasteiger partial charge in [0.2, 0.25) is 6.29 Å². The van der Waals surface area contributed by atoms with Crippen LogP contribution in [0, 0.1) is 0 Å². The van der Waals surface area contributed by atoms with Crippen LogP contribution in [0.25, 0.3) is 0 Å². The van der Waals surface area contributed by atoms with Crippen LogP contribution in [0.1, 0.15) is 36.5 Å². The van der Waals surface area contributed by atoms with E-state index in [-0.39, 0.29) is 5.97 Å². The molecule has 4 heteroatoms. The zero-order valence-electron chi connectivity index (χ0n) is 17.4. The Balaban J connectivity index is 1.65. The molecular formula is C26H29NO3. The van der Waals surface area contributed by atoms with Crippen molar-refractivity contribution in [3.05, 3.63) is 108 Å². The van der Waals surface area contributed by atoms with Crippen molar-refractivity contribution < 1.29 is 14.4 Å². The van der Waals surface area contributed by atoms with Crippen molar-refractivity contribution in [2.75, 3.05) is 0 Å². The highest BCUT2D eigenvalue weighted by atomic mass is 16.8. The summed E-state index contributed by atoms with van der Waals surface area (Å²) in [6.45, 7) is 2.63. The molecular weight excluding hydrogens is 374 g/mol. The largest absolute Gasteiger partial charge is 0.434 e. The summed E-state index contributed by atoms with van der Waals surface area (Å²) >= 11 is 0. The maximum Gasteiger partial charge on any atom is 0.304 e. The molecule has 0 radical (unpaired) electrons. The molecule has 0 saturated carbocycles. The number of rotatable bonds is 11. The van der Waals surface area contributed by atoms with Gasteiger partial charge in [-0.15, -0.1) is 0 Å². The van der Waals surface area contributed by atoms with Crippen LogP contribution in [0.3, 0.4) is 0 Å². The first kappa shape index (κ1) is 21.8. The smallest absolute Gasteiger partial charge is 0.304 e. The van der Waals surface area contributed by atoms with Crippen LogP contribution in [0.15, 0.2) is 91.0 Å². The van der Waals surface area contributed by atoms with Crippen molar-refractivity contribution in [2.45, 2.75) is 45.6 Å². The maximum atomic E-state index is 11.7. The fourth-order valence-corrected chi connectivity index (χ4v) is 3.31. The third-order valence-electron chi connectivity index (χ3n) is 4.72. The Morgan fingerprint density at radius 3 is 1.70 bits per heavy atom. The van der Waals surface area contributed by atoms with Crippen molar-refractivity contribution in [3.8, 4) is 0 Å². The summed E-state index contributed by atoms with van der Waals surface area (Å²) in [6, 6.07) is 30.6. The van der Waals surface area contributed by atoms with Gasteiger partial charge in [-0.3, -0.25) is 9.63 Å². The molecule has 0 N–H and O–H groups in total. The standard InChI is InChI=1S/C26H29NO3/c1-22(28)29-26(19-11-18-23-12-5-2-6-13-23)30-27(20-24-14-7-3-8-15-24)21-25-16-9-4-10-17-25/h2-10,12-17,26H,11,18-21H2,1H3. The van der Waals surface area contributed by atoms with Crippen molar-refractivity contribution in [1.29, 1.82) is 0 Å². The third-order valence-corrected chi connectivity index (χ3v) is 4.72. The molecule has 3 aromatic rings. The van der Waals surface area contributed by atoms with Crippen molar-refractivity contribution in [1.82, 2.24) is 5.06 Å². The lowest BCUT2D eigenvalue weighted by Crippen LogP contribution is -2.32. The van der Waals surface area contributed by atoms with Gasteiger partial charge in [0.15, 0.2) is 0 Å². The summed E-state index contributed by atoms with van der Waals surface area (Å²) in [7, 11) is 0. The first-order valence-electron chi connectivity index (χ1n) is 10.4. The van der Waals surface area contributed by atoms with Gasteiger partial charge in [-0.25, -0.2) is 0 Å². The number of carbonyl (C=O) groups excluding carboxylic acids is 1. The highest BCUT2D eigenvalue weighted by Gasteiger charge is 2.18. The molecule has 1 atom stereocenters. The van der Waals surface area contributed by atoms with Gasteiger partial charge in [0.1, 0.15) is 0 Å². The maximum absolute atomic E-state index is 11.7. The average molecular weight is 404 g/mol. The van der Waals surface area contributed by atoms with E-state index in [0.717, 1.165) is 24.0 Å². The van der Waals surface area contributed by atoms with Crippen LogP contribution in [-0.4, -0.2) is 17.3 Å². The molecule has 1 unspecified atom stereocenters. The van der Waals surface area contributed by atoms with Gasteiger partial charge in [-0.2, -0.15) is 5.06 Å². The Bertz CT molecular complexity index is 827. The Morgan fingerprint density at radius 2 is 1.23 bits per heavy atom. The van der Waals surface area contributed by atoms with E-state index in [1.807, 2.05) is 59.7 Å². The minimum Gasteiger partial charge on any atom is -0.434 e. The summed E-state index contributed by atoms with van der Waals surface area (Å²) < 4.78 is 5.49. The normalized spacial score (nSPS) is 11.9. The van der Waals surface area contributed by atoms with Gasteiger partial charge in [0.05, 0.1) is 0 Å². The average Bonchev–Trinajstić information content (AvgIpc) is 2.75. The quantitative estimate of drug-likeness (QED) is 0.240. The predicted octanol–water partition coefficient (Wildman–Crippen LogP) is 5.53. The SMILES string of the molecule is CC(=O)OC(CCCc1ccccc1)ON(Cc1ccccc1)Cc1ccccc1. The molecule has 0 bridgehead atoms. The topological polar surface area (TPSA) is 38.8 Å². The zero-order valence-corrected chi connectivity index (χ0v) is 17.4. The van der Waals surface area contributed by atoms with E-state index in [2.05, 4.69) is 36.4 Å². The fraction of sp³-hybridized carbons (Fsp3) is 0.269. The molecule has 3 aromatic carbocycles. The lowest BCUT2D eigenvalue weighted by molar-refractivity contribution is -0.282. The van der Waals surface area contributed by atoms with Crippen LogP contribution in [-0.2, 0) is 33.9 Å². The van der Waals surface area contributed by atoms with Crippen LogP contribution >= 0.6 is 0 Å². The number of ether oxygens (including phenoxy) is 1. The Morgan fingerprint density at radius 1 is 0.767 bits per heavy atom. The van der Waals surface area contributed by atoms with E-state index in [1.54, 1.807) is 0 Å². The summed E-state index contributed by atoms with van der Waals surface area (Å²) in [5.74, 6) is -0.334. The van der Waals surface area contributed by atoms with Crippen LogP contribution in [0.4, 0.5) is 0 Å². The second-order valence-electron chi connectivity index (χ2n) is 7.29. The lowest BCUT2D eigenvalue weighted by Gasteiger charge is -2.27. The van der Waals surface area contributed by atoms with E-state index in [9.17, 15) is 4.79 Å². The van der Waals surface area contributed by atoms with E-state index in [0.29, 0.717) is 19.5 Å². The molecule has 0 spiro atoms. The second kappa shape index (κ2) is 11.9. The monoisotopic (exact) mass is 403 g/mol. The number of aryl methyl sites for hydroxylation is 1. The van der Waals surface area contributed by atoms with Gasteiger partial charge in [-0.1, -0.05) is 91.0 Å². The number of nitrogens with zero attached hydrogens (tertiary/aromatic N) is 1. The first-order chi connectivity index (χ1) is 14.7. The van der Waals surface area contributed by atoms with Crippen LogP contribution < -0.4 is 0 Å². The molecule has 0 amide bonds. The van der Waals surface area contributed by atoms with Crippen LogP contribution in [0.2, 0.25) is 0 Å². The number of benzene rings is 3. The first-order valence-corrected chi connectivity index (χ1v) is 10.4. The molecule has 30 heavy (non-hydrogen) atoms. The molecule has 0 aliphatic rings. The van der Waals surface area contributed by atoms with Crippen molar-refractivity contribution >= 4 is 5.97 Å². The van der Waals surface area contributed by atoms with Gasteiger partial charge in [0, 0.05) is 26.4 Å². The molecule has 156 valence electrons. The van der Waals surface area contributed by atoms with E-state index in [1.165, 1.54) is 12.5 Å². The molecule has 0 fully saturated rings. The number of hydroxylamine groups is 2. The highest BCUT2D eigenvalue weighted by Crippen LogP contribution is 2.16. The number of hydrogen-bond acceptors (Lipinski definition) is 4. The molecule has 0 aliphatic carbocycles. The summed E-state index contributed by atoms with van der Waals surface area (Å²) in [6.07, 6.45) is 1.80. The Labute approximate surface area is 179 Å². The summed E-state index contributed by atoms with van der Waals surface area (Å²) in [4.78, 5) is 17.9.